The predicted octanol–water partition coefficient (Wildman–Crippen LogP) is 2.36. The van der Waals surface area contributed by atoms with Gasteiger partial charge in [0.2, 0.25) is 0 Å². The van der Waals surface area contributed by atoms with Crippen LogP contribution in [0, 0.1) is 0 Å². The minimum Gasteiger partial charge on any atom is -0.409 e. The van der Waals surface area contributed by atoms with Crippen LogP contribution in [0.15, 0.2) is 28.3 Å². The smallest absolute Gasteiger partial charge is 0.173 e. The van der Waals surface area contributed by atoms with Crippen LogP contribution in [0.5, 0.6) is 0 Å². The Morgan fingerprint density at radius 3 is 2.75 bits per heavy atom. The molecule has 3 N–H and O–H groups in total. The van der Waals surface area contributed by atoms with E-state index in [1.807, 2.05) is 45.4 Å². The van der Waals surface area contributed by atoms with Gasteiger partial charge >= 0.3 is 0 Å². The number of oxime groups is 1. The fourth-order valence-corrected chi connectivity index (χ4v) is 2.49. The summed E-state index contributed by atoms with van der Waals surface area (Å²) >= 11 is 1.57. The molecule has 0 fully saturated rings. The van der Waals surface area contributed by atoms with Gasteiger partial charge in [-0.25, -0.2) is 0 Å². The third-order valence-corrected chi connectivity index (χ3v) is 3.66. The highest BCUT2D eigenvalue weighted by Crippen LogP contribution is 2.29. The SMILES string of the molecule is CSc1cccc(N(C)CCOC(C)C)c1/C(N)=N/O. The van der Waals surface area contributed by atoms with E-state index in [0.717, 1.165) is 22.7 Å². The van der Waals surface area contributed by atoms with Crippen LogP contribution in [0.3, 0.4) is 0 Å². The topological polar surface area (TPSA) is 71.1 Å². The molecule has 20 heavy (non-hydrogen) atoms. The number of benzene rings is 1. The Labute approximate surface area is 124 Å². The van der Waals surface area contributed by atoms with Gasteiger partial charge in [0.25, 0.3) is 0 Å². The minimum atomic E-state index is 0.126. The highest BCUT2D eigenvalue weighted by molar-refractivity contribution is 7.98. The molecule has 0 spiro atoms. The number of anilines is 1. The van der Waals surface area contributed by atoms with Gasteiger partial charge in [0.1, 0.15) is 0 Å². The lowest BCUT2D eigenvalue weighted by molar-refractivity contribution is 0.0846. The van der Waals surface area contributed by atoms with Gasteiger partial charge in [0.05, 0.1) is 18.3 Å². The van der Waals surface area contributed by atoms with Crippen LogP contribution >= 0.6 is 11.8 Å². The molecule has 0 radical (unpaired) electrons. The molecule has 0 heterocycles. The second kappa shape index (κ2) is 8.01. The second-order valence-corrected chi connectivity index (χ2v) is 5.53. The van der Waals surface area contributed by atoms with Gasteiger partial charge in [0, 0.05) is 24.2 Å². The van der Waals surface area contributed by atoms with Crippen molar-refractivity contribution >= 4 is 23.3 Å². The Bertz CT molecular complexity index is 464. The highest BCUT2D eigenvalue weighted by atomic mass is 32.2. The van der Waals surface area contributed by atoms with Crippen molar-refractivity contribution in [3.8, 4) is 0 Å². The number of nitrogens with two attached hydrogens (primary N) is 1. The Balaban J connectivity index is 2.98. The van der Waals surface area contributed by atoms with Crippen LogP contribution in [0.1, 0.15) is 19.4 Å². The first-order chi connectivity index (χ1) is 9.51. The van der Waals surface area contributed by atoms with Crippen molar-refractivity contribution < 1.29 is 9.94 Å². The van der Waals surface area contributed by atoms with Crippen molar-refractivity contribution in [3.05, 3.63) is 23.8 Å². The summed E-state index contributed by atoms with van der Waals surface area (Å²) in [6.07, 6.45) is 2.18. The molecule has 5 nitrogen and oxygen atoms in total. The van der Waals surface area contributed by atoms with E-state index in [-0.39, 0.29) is 11.9 Å². The number of hydrogen-bond acceptors (Lipinski definition) is 5. The fourth-order valence-electron chi connectivity index (χ4n) is 1.86. The standard InChI is InChI=1S/C14H23N3O2S/c1-10(2)19-9-8-17(3)11-6-5-7-12(20-4)13(11)14(15)16-18/h5-7,10,18H,8-9H2,1-4H3,(H2,15,16). The molecule has 0 saturated heterocycles. The van der Waals surface area contributed by atoms with Crippen LogP contribution in [0.4, 0.5) is 5.69 Å². The largest absolute Gasteiger partial charge is 0.409 e. The summed E-state index contributed by atoms with van der Waals surface area (Å²) in [5, 5.41) is 12.1. The lowest BCUT2D eigenvalue weighted by atomic mass is 10.1. The number of amidine groups is 1. The first kappa shape index (κ1) is 16.7. The van der Waals surface area contributed by atoms with E-state index in [9.17, 15) is 0 Å². The summed E-state index contributed by atoms with van der Waals surface area (Å²) in [4.78, 5) is 3.03. The summed E-state index contributed by atoms with van der Waals surface area (Å²) < 4.78 is 5.56. The molecule has 0 atom stereocenters. The quantitative estimate of drug-likeness (QED) is 0.266. The summed E-state index contributed by atoms with van der Waals surface area (Å²) in [5.41, 5.74) is 7.50. The first-order valence-corrected chi connectivity index (χ1v) is 7.71. The Kier molecular flexibility index (Phi) is 6.67. The minimum absolute atomic E-state index is 0.126. The average molecular weight is 297 g/mol. The molecular weight excluding hydrogens is 274 g/mol. The van der Waals surface area contributed by atoms with Gasteiger partial charge in [-0.1, -0.05) is 11.2 Å². The number of likely N-dealkylation sites (N-methyl/N-ethyl adjacent to an activating group) is 1. The van der Waals surface area contributed by atoms with Crippen molar-refractivity contribution in [1.82, 2.24) is 0 Å². The van der Waals surface area contributed by atoms with E-state index in [4.69, 9.17) is 15.7 Å². The number of thioether (sulfide) groups is 1. The van der Waals surface area contributed by atoms with E-state index >= 15 is 0 Å². The van der Waals surface area contributed by atoms with Gasteiger partial charge < -0.3 is 20.6 Å². The average Bonchev–Trinajstić information content (AvgIpc) is 2.44. The second-order valence-electron chi connectivity index (χ2n) is 4.68. The van der Waals surface area contributed by atoms with E-state index in [2.05, 4.69) is 10.1 Å². The number of ether oxygens (including phenoxy) is 1. The zero-order valence-corrected chi connectivity index (χ0v) is 13.3. The number of nitrogens with zero attached hydrogens (tertiary/aromatic N) is 2. The van der Waals surface area contributed by atoms with Gasteiger partial charge in [-0.3, -0.25) is 0 Å². The molecule has 6 heteroatoms. The maximum absolute atomic E-state index is 8.97. The zero-order valence-electron chi connectivity index (χ0n) is 12.5. The summed E-state index contributed by atoms with van der Waals surface area (Å²) in [6, 6.07) is 5.89. The first-order valence-electron chi connectivity index (χ1n) is 6.48. The summed E-state index contributed by atoms with van der Waals surface area (Å²) in [5.74, 6) is 0.126. The fraction of sp³-hybridized carbons (Fsp3) is 0.500. The van der Waals surface area contributed by atoms with Crippen LogP contribution in [0.25, 0.3) is 0 Å². The maximum atomic E-state index is 8.97. The van der Waals surface area contributed by atoms with E-state index in [1.165, 1.54) is 0 Å². The Morgan fingerprint density at radius 1 is 1.50 bits per heavy atom. The van der Waals surface area contributed by atoms with E-state index in [0.29, 0.717) is 6.61 Å². The molecule has 0 saturated carbocycles. The molecular formula is C14H23N3O2S. The molecule has 0 aliphatic heterocycles. The van der Waals surface area contributed by atoms with E-state index < -0.39 is 0 Å². The van der Waals surface area contributed by atoms with Crippen LogP contribution in [-0.2, 0) is 4.74 Å². The molecule has 0 unspecified atom stereocenters. The Morgan fingerprint density at radius 2 is 2.20 bits per heavy atom. The summed E-state index contributed by atoms with van der Waals surface area (Å²) in [6.45, 7) is 5.39. The number of hydrogen-bond donors (Lipinski definition) is 2. The molecule has 1 rings (SSSR count). The molecule has 0 bridgehead atoms. The van der Waals surface area contributed by atoms with Crippen molar-refractivity contribution in [3.63, 3.8) is 0 Å². The normalized spacial score (nSPS) is 11.9. The van der Waals surface area contributed by atoms with Crippen LogP contribution < -0.4 is 10.6 Å². The third kappa shape index (κ3) is 4.31. The molecule has 0 aromatic heterocycles. The maximum Gasteiger partial charge on any atom is 0.173 e. The van der Waals surface area contributed by atoms with Crippen molar-refractivity contribution in [1.29, 1.82) is 0 Å². The lowest BCUT2D eigenvalue weighted by Gasteiger charge is -2.23. The van der Waals surface area contributed by atoms with Gasteiger partial charge in [-0.05, 0) is 32.2 Å². The third-order valence-electron chi connectivity index (χ3n) is 2.88. The van der Waals surface area contributed by atoms with Crippen LogP contribution in [0.2, 0.25) is 0 Å². The van der Waals surface area contributed by atoms with Crippen molar-refractivity contribution in [2.45, 2.75) is 24.8 Å². The molecule has 0 aliphatic rings. The van der Waals surface area contributed by atoms with Crippen molar-refractivity contribution in [2.75, 3.05) is 31.4 Å². The molecule has 1 aromatic rings. The lowest BCUT2D eigenvalue weighted by Crippen LogP contribution is -2.27. The molecule has 112 valence electrons. The van der Waals surface area contributed by atoms with Gasteiger partial charge in [-0.15, -0.1) is 11.8 Å². The van der Waals surface area contributed by atoms with Crippen LogP contribution in [-0.4, -0.2) is 43.6 Å². The predicted molar refractivity (Wildman–Crippen MR) is 85.1 cm³/mol. The van der Waals surface area contributed by atoms with Gasteiger partial charge in [-0.2, -0.15) is 0 Å². The van der Waals surface area contributed by atoms with Gasteiger partial charge in [0.15, 0.2) is 5.84 Å². The molecule has 1 aromatic carbocycles. The number of rotatable bonds is 7. The highest BCUT2D eigenvalue weighted by Gasteiger charge is 2.15. The zero-order chi connectivity index (χ0) is 15.1. The summed E-state index contributed by atoms with van der Waals surface area (Å²) in [7, 11) is 1.97. The molecule has 0 amide bonds. The monoisotopic (exact) mass is 297 g/mol. The Hall–Kier alpha value is -1.40. The van der Waals surface area contributed by atoms with Crippen molar-refractivity contribution in [2.24, 2.45) is 10.9 Å². The molecule has 0 aliphatic carbocycles. The van der Waals surface area contributed by atoms with E-state index in [1.54, 1.807) is 11.8 Å².